The molecule has 0 spiro atoms. The molecule has 1 heterocycles. The second kappa shape index (κ2) is 12.4. The number of methoxy groups -OCH3 is 2. The minimum absolute atomic E-state index is 0.0853. The van der Waals surface area contributed by atoms with Crippen molar-refractivity contribution < 1.29 is 23.5 Å². The summed E-state index contributed by atoms with van der Waals surface area (Å²) < 4.78 is 16.1. The van der Waals surface area contributed by atoms with E-state index in [1.807, 2.05) is 66.7 Å². The Kier molecular flexibility index (Phi) is 8.60. The van der Waals surface area contributed by atoms with Gasteiger partial charge in [0.15, 0.2) is 11.5 Å². The van der Waals surface area contributed by atoms with Gasteiger partial charge in [0.25, 0.3) is 0 Å². The van der Waals surface area contributed by atoms with E-state index in [2.05, 4.69) is 5.32 Å². The van der Waals surface area contributed by atoms with Crippen LogP contribution in [0.25, 0.3) is 0 Å². The van der Waals surface area contributed by atoms with E-state index < -0.39 is 6.04 Å². The second-order valence-electron chi connectivity index (χ2n) is 8.48. The molecule has 0 saturated carbocycles. The molecular weight excluding hydrogens is 468 g/mol. The van der Waals surface area contributed by atoms with Gasteiger partial charge >= 0.3 is 0 Å². The number of hydrogen-bond donors (Lipinski definition) is 1. The lowest BCUT2D eigenvalue weighted by atomic mass is 10.0. The first-order valence-corrected chi connectivity index (χ1v) is 12.0. The monoisotopic (exact) mass is 498 g/mol. The molecule has 0 saturated heterocycles. The van der Waals surface area contributed by atoms with Gasteiger partial charge in [-0.2, -0.15) is 0 Å². The van der Waals surface area contributed by atoms with Crippen molar-refractivity contribution in [3.63, 3.8) is 0 Å². The number of nitrogens with zero attached hydrogens (tertiary/aromatic N) is 1. The summed E-state index contributed by atoms with van der Waals surface area (Å²) in [6.07, 6.45) is 1.65. The maximum atomic E-state index is 13.9. The number of hydrogen-bond acceptors (Lipinski definition) is 5. The van der Waals surface area contributed by atoms with Crippen molar-refractivity contribution in [2.75, 3.05) is 14.2 Å². The first kappa shape index (κ1) is 25.6. The Morgan fingerprint density at radius 2 is 1.54 bits per heavy atom. The number of amides is 2. The highest BCUT2D eigenvalue weighted by molar-refractivity contribution is 5.89. The van der Waals surface area contributed by atoms with Gasteiger partial charge < -0.3 is 24.1 Å². The van der Waals surface area contributed by atoms with Crippen molar-refractivity contribution in [3.8, 4) is 11.5 Å². The molecular formula is C30H30N2O5. The van der Waals surface area contributed by atoms with Gasteiger partial charge in [0.2, 0.25) is 11.8 Å². The quantitative estimate of drug-likeness (QED) is 0.317. The van der Waals surface area contributed by atoms with Crippen LogP contribution in [0.3, 0.4) is 0 Å². The van der Waals surface area contributed by atoms with Crippen LogP contribution in [0.5, 0.6) is 11.5 Å². The minimum atomic E-state index is -0.844. The Bertz CT molecular complexity index is 1290. The van der Waals surface area contributed by atoms with Crippen LogP contribution in [0.15, 0.2) is 102 Å². The largest absolute Gasteiger partial charge is 0.493 e. The third-order valence-electron chi connectivity index (χ3n) is 6.01. The minimum Gasteiger partial charge on any atom is -0.493 e. The first-order chi connectivity index (χ1) is 18.1. The molecule has 3 aromatic carbocycles. The Hall–Kier alpha value is -4.52. The van der Waals surface area contributed by atoms with Crippen LogP contribution >= 0.6 is 0 Å². The van der Waals surface area contributed by atoms with Crippen LogP contribution in [0, 0.1) is 0 Å². The van der Waals surface area contributed by atoms with Gasteiger partial charge in [-0.3, -0.25) is 9.59 Å². The smallest absolute Gasteiger partial charge is 0.247 e. The van der Waals surface area contributed by atoms with E-state index in [1.165, 1.54) is 0 Å². The Balaban J connectivity index is 1.67. The average Bonchev–Trinajstić information content (AvgIpc) is 3.46. The summed E-state index contributed by atoms with van der Waals surface area (Å²) in [4.78, 5) is 29.1. The predicted octanol–water partition coefficient (Wildman–Crippen LogP) is 4.93. The van der Waals surface area contributed by atoms with Crippen molar-refractivity contribution >= 4 is 11.8 Å². The van der Waals surface area contributed by atoms with Gasteiger partial charge in [0, 0.05) is 6.54 Å². The fourth-order valence-electron chi connectivity index (χ4n) is 4.16. The summed E-state index contributed by atoms with van der Waals surface area (Å²) in [5.74, 6) is 1.27. The SMILES string of the molecule is COc1ccc(CC(=O)N(Cc2ccccc2)C(C(=O)NCc2ccco2)c2ccccc2)cc1OC. The molecule has 0 bridgehead atoms. The van der Waals surface area contributed by atoms with Gasteiger partial charge in [0.1, 0.15) is 11.8 Å². The lowest BCUT2D eigenvalue weighted by Gasteiger charge is -2.32. The molecule has 7 nitrogen and oxygen atoms in total. The third kappa shape index (κ3) is 6.58. The molecule has 7 heteroatoms. The van der Waals surface area contributed by atoms with E-state index in [0.29, 0.717) is 17.3 Å². The summed E-state index contributed by atoms with van der Waals surface area (Å²) in [5.41, 5.74) is 2.39. The van der Waals surface area contributed by atoms with Gasteiger partial charge in [-0.15, -0.1) is 0 Å². The second-order valence-corrected chi connectivity index (χ2v) is 8.48. The molecule has 0 radical (unpaired) electrons. The van der Waals surface area contributed by atoms with Crippen LogP contribution in [-0.2, 0) is 29.1 Å². The normalized spacial score (nSPS) is 11.4. The standard InChI is InChI=1S/C30H30N2O5/c1-35-26-16-15-23(18-27(26)36-2)19-28(33)32(21-22-10-5-3-6-11-22)29(24-12-7-4-8-13-24)30(34)31-20-25-14-9-17-37-25/h3-18,29H,19-21H2,1-2H3,(H,31,34). The molecule has 1 unspecified atom stereocenters. The van der Waals surface area contributed by atoms with E-state index in [-0.39, 0.29) is 31.3 Å². The molecule has 0 aliphatic rings. The number of ether oxygens (including phenoxy) is 2. The summed E-state index contributed by atoms with van der Waals surface area (Å²) >= 11 is 0. The van der Waals surface area contributed by atoms with Crippen LogP contribution in [-0.4, -0.2) is 30.9 Å². The van der Waals surface area contributed by atoms with Gasteiger partial charge in [0.05, 0.1) is 33.4 Å². The Morgan fingerprint density at radius 3 is 2.19 bits per heavy atom. The van der Waals surface area contributed by atoms with E-state index in [0.717, 1.165) is 16.7 Å². The van der Waals surface area contributed by atoms with Crippen molar-refractivity contribution in [1.82, 2.24) is 10.2 Å². The molecule has 190 valence electrons. The van der Waals surface area contributed by atoms with Crippen LogP contribution in [0.1, 0.15) is 28.5 Å². The van der Waals surface area contributed by atoms with E-state index in [1.54, 1.807) is 49.6 Å². The highest BCUT2D eigenvalue weighted by Crippen LogP contribution is 2.29. The zero-order valence-corrected chi connectivity index (χ0v) is 20.9. The molecule has 37 heavy (non-hydrogen) atoms. The van der Waals surface area contributed by atoms with Crippen molar-refractivity contribution in [2.45, 2.75) is 25.6 Å². The van der Waals surface area contributed by atoms with Gasteiger partial charge in [-0.1, -0.05) is 66.7 Å². The fourth-order valence-corrected chi connectivity index (χ4v) is 4.16. The topological polar surface area (TPSA) is 81.0 Å². The summed E-state index contributed by atoms with van der Waals surface area (Å²) in [5, 5.41) is 2.94. The molecule has 2 amide bonds. The van der Waals surface area contributed by atoms with E-state index in [4.69, 9.17) is 13.9 Å². The lowest BCUT2D eigenvalue weighted by molar-refractivity contribution is -0.141. The predicted molar refractivity (Wildman–Crippen MR) is 140 cm³/mol. The summed E-state index contributed by atoms with van der Waals surface area (Å²) in [6.45, 7) is 0.485. The molecule has 0 aliphatic heterocycles. The maximum absolute atomic E-state index is 13.9. The third-order valence-corrected chi connectivity index (χ3v) is 6.01. The lowest BCUT2D eigenvalue weighted by Crippen LogP contribution is -2.43. The van der Waals surface area contributed by atoms with E-state index in [9.17, 15) is 9.59 Å². The Morgan fingerprint density at radius 1 is 0.838 bits per heavy atom. The molecule has 1 atom stereocenters. The number of nitrogens with one attached hydrogen (secondary N) is 1. The van der Waals surface area contributed by atoms with E-state index >= 15 is 0 Å². The molecule has 4 rings (SSSR count). The summed E-state index contributed by atoms with van der Waals surface area (Å²) in [7, 11) is 3.12. The molecule has 1 N–H and O–H groups in total. The number of carbonyl (C=O) groups is 2. The van der Waals surface area contributed by atoms with Gasteiger partial charge in [-0.25, -0.2) is 0 Å². The Labute approximate surface area is 216 Å². The first-order valence-electron chi connectivity index (χ1n) is 12.0. The van der Waals surface area contributed by atoms with Crippen LogP contribution in [0.4, 0.5) is 0 Å². The highest BCUT2D eigenvalue weighted by Gasteiger charge is 2.31. The number of rotatable bonds is 11. The number of furan rings is 1. The average molecular weight is 499 g/mol. The zero-order chi connectivity index (χ0) is 26.0. The molecule has 1 aromatic heterocycles. The van der Waals surface area contributed by atoms with Crippen molar-refractivity contribution in [3.05, 3.63) is 120 Å². The van der Waals surface area contributed by atoms with Gasteiger partial charge in [-0.05, 0) is 41.0 Å². The highest BCUT2D eigenvalue weighted by atomic mass is 16.5. The number of carbonyl (C=O) groups excluding carboxylic acids is 2. The molecule has 0 aliphatic carbocycles. The zero-order valence-electron chi connectivity index (χ0n) is 20.9. The van der Waals surface area contributed by atoms with Crippen molar-refractivity contribution in [2.24, 2.45) is 0 Å². The fraction of sp³-hybridized carbons (Fsp3) is 0.200. The number of benzene rings is 3. The maximum Gasteiger partial charge on any atom is 0.247 e. The van der Waals surface area contributed by atoms with Crippen LogP contribution in [0.2, 0.25) is 0 Å². The summed E-state index contributed by atoms with van der Waals surface area (Å²) in [6, 6.07) is 27.1. The molecule has 0 fully saturated rings. The van der Waals surface area contributed by atoms with Crippen LogP contribution < -0.4 is 14.8 Å². The van der Waals surface area contributed by atoms with Crippen molar-refractivity contribution in [1.29, 1.82) is 0 Å². The molecule has 4 aromatic rings.